The van der Waals surface area contributed by atoms with Crippen LogP contribution in [0.5, 0.6) is 0 Å². The molecule has 110 valence electrons. The minimum Gasteiger partial charge on any atom is -0.350 e. The second-order valence-electron chi connectivity index (χ2n) is 5.78. The van der Waals surface area contributed by atoms with Gasteiger partial charge in [0.25, 0.3) is 0 Å². The van der Waals surface area contributed by atoms with E-state index in [1.807, 2.05) is 0 Å². The Kier molecular flexibility index (Phi) is 4.38. The summed E-state index contributed by atoms with van der Waals surface area (Å²) in [7, 11) is 0. The summed E-state index contributed by atoms with van der Waals surface area (Å²) in [6.07, 6.45) is 3.25. The number of hydrogen-bond acceptors (Lipinski definition) is 2. The average Bonchev–Trinajstić information content (AvgIpc) is 2.39. The summed E-state index contributed by atoms with van der Waals surface area (Å²) < 4.78 is 26.5. The monoisotopic (exact) mass is 282 g/mol. The summed E-state index contributed by atoms with van der Waals surface area (Å²) >= 11 is 0. The van der Waals surface area contributed by atoms with Crippen LogP contribution in [0.4, 0.5) is 8.78 Å². The quantitative estimate of drug-likeness (QED) is 0.895. The standard InChI is InChI=1S/C15H20F2N2O/c1-10-3-2-6-15(18,8-10)14(20)19-9-11-7-12(16)4-5-13(11)17/h4-5,7,10H,2-3,6,8-9,18H2,1H3,(H,19,20). The number of benzene rings is 1. The van der Waals surface area contributed by atoms with E-state index < -0.39 is 17.2 Å². The molecule has 1 aromatic carbocycles. The highest BCUT2D eigenvalue weighted by Gasteiger charge is 2.37. The van der Waals surface area contributed by atoms with Gasteiger partial charge in [0.05, 0.1) is 5.54 Å². The maximum Gasteiger partial charge on any atom is 0.240 e. The van der Waals surface area contributed by atoms with Gasteiger partial charge in [0.15, 0.2) is 0 Å². The van der Waals surface area contributed by atoms with Gasteiger partial charge in [0, 0.05) is 12.1 Å². The molecule has 3 nitrogen and oxygen atoms in total. The first-order valence-corrected chi connectivity index (χ1v) is 6.92. The number of carbonyl (C=O) groups excluding carboxylic acids is 1. The Morgan fingerprint density at radius 1 is 1.50 bits per heavy atom. The van der Waals surface area contributed by atoms with Crippen LogP contribution in [0.15, 0.2) is 18.2 Å². The van der Waals surface area contributed by atoms with Crippen LogP contribution in [0.1, 0.15) is 38.2 Å². The van der Waals surface area contributed by atoms with Crippen molar-refractivity contribution >= 4 is 5.91 Å². The lowest BCUT2D eigenvalue weighted by Crippen LogP contribution is -2.56. The minimum absolute atomic E-state index is 0.0459. The summed E-state index contributed by atoms with van der Waals surface area (Å²) in [5, 5.41) is 2.63. The van der Waals surface area contributed by atoms with Crippen LogP contribution < -0.4 is 11.1 Å². The van der Waals surface area contributed by atoms with Crippen LogP contribution in [-0.4, -0.2) is 11.4 Å². The lowest BCUT2D eigenvalue weighted by Gasteiger charge is -2.35. The van der Waals surface area contributed by atoms with Crippen LogP contribution in [0, 0.1) is 17.6 Å². The van der Waals surface area contributed by atoms with Crippen molar-refractivity contribution in [1.29, 1.82) is 0 Å². The highest BCUT2D eigenvalue weighted by molar-refractivity contribution is 5.86. The largest absolute Gasteiger partial charge is 0.350 e. The smallest absolute Gasteiger partial charge is 0.240 e. The van der Waals surface area contributed by atoms with Crippen LogP contribution >= 0.6 is 0 Å². The van der Waals surface area contributed by atoms with Crippen LogP contribution in [-0.2, 0) is 11.3 Å². The molecule has 2 atom stereocenters. The van der Waals surface area contributed by atoms with Crippen LogP contribution in [0.25, 0.3) is 0 Å². The van der Waals surface area contributed by atoms with Crippen molar-refractivity contribution in [2.75, 3.05) is 0 Å². The van der Waals surface area contributed by atoms with Gasteiger partial charge in [-0.2, -0.15) is 0 Å². The van der Waals surface area contributed by atoms with Crippen molar-refractivity contribution < 1.29 is 13.6 Å². The first-order valence-electron chi connectivity index (χ1n) is 6.92. The number of hydrogen-bond donors (Lipinski definition) is 2. The normalized spacial score (nSPS) is 26.3. The van der Waals surface area contributed by atoms with E-state index in [0.717, 1.165) is 31.0 Å². The zero-order chi connectivity index (χ0) is 14.8. The first kappa shape index (κ1) is 14.9. The molecule has 5 heteroatoms. The van der Waals surface area contributed by atoms with Gasteiger partial charge in [-0.05, 0) is 37.0 Å². The van der Waals surface area contributed by atoms with Crippen molar-refractivity contribution in [3.05, 3.63) is 35.4 Å². The Bertz CT molecular complexity index is 507. The van der Waals surface area contributed by atoms with Crippen molar-refractivity contribution in [3.8, 4) is 0 Å². The number of nitrogens with one attached hydrogen (secondary N) is 1. The average molecular weight is 282 g/mol. The Hall–Kier alpha value is -1.49. The number of nitrogens with two attached hydrogens (primary N) is 1. The van der Waals surface area contributed by atoms with E-state index in [2.05, 4.69) is 12.2 Å². The molecule has 3 N–H and O–H groups in total. The number of rotatable bonds is 3. The molecule has 1 fully saturated rings. The molecule has 1 aliphatic rings. The molecule has 1 saturated carbocycles. The number of carbonyl (C=O) groups is 1. The molecule has 0 radical (unpaired) electrons. The van der Waals surface area contributed by atoms with Crippen LogP contribution in [0.3, 0.4) is 0 Å². The molecule has 0 aliphatic heterocycles. The second-order valence-corrected chi connectivity index (χ2v) is 5.78. The van der Waals surface area contributed by atoms with Gasteiger partial charge in [-0.15, -0.1) is 0 Å². The predicted octanol–water partition coefficient (Wildman–Crippen LogP) is 2.49. The molecular formula is C15H20F2N2O. The molecule has 0 bridgehead atoms. The Labute approximate surface area is 117 Å². The Morgan fingerprint density at radius 2 is 2.25 bits per heavy atom. The highest BCUT2D eigenvalue weighted by atomic mass is 19.1. The third-order valence-electron chi connectivity index (χ3n) is 3.93. The van der Waals surface area contributed by atoms with Crippen molar-refractivity contribution in [2.45, 2.75) is 44.7 Å². The molecule has 0 aromatic heterocycles. The van der Waals surface area contributed by atoms with Crippen LogP contribution in [0.2, 0.25) is 0 Å². The number of halogens is 2. The fraction of sp³-hybridized carbons (Fsp3) is 0.533. The van der Waals surface area contributed by atoms with E-state index in [4.69, 9.17) is 5.73 Å². The van der Waals surface area contributed by atoms with Gasteiger partial charge in [-0.25, -0.2) is 8.78 Å². The van der Waals surface area contributed by atoms with E-state index in [9.17, 15) is 13.6 Å². The fourth-order valence-corrected chi connectivity index (χ4v) is 2.83. The Morgan fingerprint density at radius 3 is 2.95 bits per heavy atom. The summed E-state index contributed by atoms with van der Waals surface area (Å²) in [5.41, 5.74) is 5.39. The molecule has 1 amide bonds. The predicted molar refractivity (Wildman–Crippen MR) is 72.8 cm³/mol. The lowest BCUT2D eigenvalue weighted by atomic mass is 9.76. The molecule has 1 aliphatic carbocycles. The topological polar surface area (TPSA) is 55.1 Å². The second kappa shape index (κ2) is 5.87. The molecule has 0 saturated heterocycles. The molecular weight excluding hydrogens is 262 g/mol. The van der Waals surface area contributed by atoms with Gasteiger partial charge in [0.2, 0.25) is 5.91 Å². The van der Waals surface area contributed by atoms with Crippen molar-refractivity contribution in [1.82, 2.24) is 5.32 Å². The third-order valence-corrected chi connectivity index (χ3v) is 3.93. The maximum absolute atomic E-state index is 13.5. The summed E-state index contributed by atoms with van der Waals surface area (Å²) in [4.78, 5) is 12.2. The minimum atomic E-state index is -0.887. The van der Waals surface area contributed by atoms with Gasteiger partial charge in [0.1, 0.15) is 11.6 Å². The summed E-state index contributed by atoms with van der Waals surface area (Å²) in [6.45, 7) is 2.02. The zero-order valence-electron chi connectivity index (χ0n) is 11.6. The molecule has 1 aromatic rings. The van der Waals surface area contributed by atoms with E-state index in [1.165, 1.54) is 0 Å². The van der Waals surface area contributed by atoms with Gasteiger partial charge in [-0.1, -0.05) is 19.8 Å². The molecule has 0 spiro atoms. The van der Waals surface area contributed by atoms with E-state index >= 15 is 0 Å². The summed E-state index contributed by atoms with van der Waals surface area (Å²) in [6, 6.07) is 3.19. The fourth-order valence-electron chi connectivity index (χ4n) is 2.83. The van der Waals surface area contributed by atoms with Gasteiger partial charge in [-0.3, -0.25) is 4.79 Å². The molecule has 20 heavy (non-hydrogen) atoms. The summed E-state index contributed by atoms with van der Waals surface area (Å²) in [5.74, 6) is -0.933. The van der Waals surface area contributed by atoms with Crippen molar-refractivity contribution in [3.63, 3.8) is 0 Å². The SMILES string of the molecule is CC1CCCC(N)(C(=O)NCc2cc(F)ccc2F)C1. The van der Waals surface area contributed by atoms with E-state index in [-0.39, 0.29) is 18.0 Å². The van der Waals surface area contributed by atoms with Gasteiger partial charge < -0.3 is 11.1 Å². The molecule has 2 unspecified atom stereocenters. The lowest BCUT2D eigenvalue weighted by molar-refractivity contribution is -0.128. The van der Waals surface area contributed by atoms with Gasteiger partial charge >= 0.3 is 0 Å². The first-order chi connectivity index (χ1) is 9.40. The maximum atomic E-state index is 13.5. The Balaban J connectivity index is 1.99. The molecule has 0 heterocycles. The zero-order valence-corrected chi connectivity index (χ0v) is 11.6. The number of amides is 1. The van der Waals surface area contributed by atoms with E-state index in [0.29, 0.717) is 18.8 Å². The third kappa shape index (κ3) is 3.33. The molecule has 2 rings (SSSR count). The van der Waals surface area contributed by atoms with E-state index in [1.54, 1.807) is 0 Å². The highest BCUT2D eigenvalue weighted by Crippen LogP contribution is 2.30. The van der Waals surface area contributed by atoms with Crippen molar-refractivity contribution in [2.24, 2.45) is 11.7 Å².